The van der Waals surface area contributed by atoms with Crippen LogP contribution in [0.3, 0.4) is 0 Å². The molecule has 0 unspecified atom stereocenters. The summed E-state index contributed by atoms with van der Waals surface area (Å²) in [4.78, 5) is 0. The van der Waals surface area contributed by atoms with Crippen LogP contribution in [0.4, 0.5) is 0 Å². The molecule has 1 aliphatic heterocycles. The van der Waals surface area contributed by atoms with Gasteiger partial charge in [0.05, 0.1) is 11.0 Å². The van der Waals surface area contributed by atoms with Crippen LogP contribution in [-0.4, -0.2) is 15.9 Å². The van der Waals surface area contributed by atoms with E-state index in [1.807, 2.05) is 0 Å². The number of nitrogens with zero attached hydrogens (tertiary/aromatic N) is 2. The van der Waals surface area contributed by atoms with Crippen LogP contribution in [0.5, 0.6) is 0 Å². The molecule has 1 aliphatic carbocycles. The molecule has 0 N–H and O–H groups in total. The summed E-state index contributed by atoms with van der Waals surface area (Å²) >= 11 is 0. The Labute approximate surface area is 314 Å². The van der Waals surface area contributed by atoms with Gasteiger partial charge in [-0.15, -0.1) is 0 Å². The second kappa shape index (κ2) is 10.7. The Morgan fingerprint density at radius 2 is 1.11 bits per heavy atom. The van der Waals surface area contributed by atoms with Gasteiger partial charge in [0.1, 0.15) is 0 Å². The SMILES string of the molecule is CC1(C)c2ccccc2-c2ccc3c4ccccc4n(B4c5ccccc5-n5c6ccc(-c7ccccc7)cc6c6cc(-c7ccccc7)cc4c65)c3c21. The number of hydrogen-bond donors (Lipinski definition) is 0. The van der Waals surface area contributed by atoms with E-state index in [-0.39, 0.29) is 12.3 Å². The minimum atomic E-state index is -0.171. The molecule has 54 heavy (non-hydrogen) atoms. The molecular weight excluding hydrogens is 651 g/mol. The van der Waals surface area contributed by atoms with Gasteiger partial charge < -0.3 is 9.05 Å². The fourth-order valence-electron chi connectivity index (χ4n) is 10.2. The summed E-state index contributed by atoms with van der Waals surface area (Å²) in [5, 5.41) is 5.18. The summed E-state index contributed by atoms with van der Waals surface area (Å²) in [6, 6.07) is 65.7. The van der Waals surface area contributed by atoms with Gasteiger partial charge in [-0.2, -0.15) is 0 Å². The zero-order valence-corrected chi connectivity index (χ0v) is 30.2. The molecule has 0 radical (unpaired) electrons. The molecule has 0 fully saturated rings. The standard InChI is InChI=1S/C51H35BN2/c1-51(2)42-21-11-9-19-36(42)38-26-27-39-37-20-10-13-23-46(37)54(50(39)48(38)51)52-43-22-12-14-24-47(43)53-45-28-25-34(32-15-5-3-6-16-32)29-40(45)41-30-35(31-44(52)49(41)53)33-17-7-4-8-18-33/h3-31H,1-2H3. The maximum Gasteiger partial charge on any atom is 0.332 e. The Balaban J connectivity index is 1.26. The first-order valence-electron chi connectivity index (χ1n) is 19.1. The first-order valence-corrected chi connectivity index (χ1v) is 19.1. The van der Waals surface area contributed by atoms with Crippen molar-refractivity contribution in [1.29, 1.82) is 0 Å². The normalized spacial score (nSPS) is 13.9. The van der Waals surface area contributed by atoms with E-state index in [2.05, 4.69) is 199 Å². The van der Waals surface area contributed by atoms with E-state index in [1.165, 1.54) is 105 Å². The fraction of sp³-hybridized carbons (Fsp3) is 0.0588. The van der Waals surface area contributed by atoms with Crippen LogP contribution >= 0.6 is 0 Å². The molecule has 0 spiro atoms. The van der Waals surface area contributed by atoms with Crippen LogP contribution in [0, 0.1) is 0 Å². The average Bonchev–Trinajstić information content (AvgIpc) is 3.82. The van der Waals surface area contributed by atoms with Gasteiger partial charge in [0.2, 0.25) is 0 Å². The summed E-state index contributed by atoms with van der Waals surface area (Å²) in [5.74, 6) is 0. The van der Waals surface area contributed by atoms with Crippen molar-refractivity contribution < 1.29 is 0 Å². The molecule has 8 aromatic carbocycles. The smallest absolute Gasteiger partial charge is 0.332 e. The highest BCUT2D eigenvalue weighted by molar-refractivity contribution is 6.88. The average molecular weight is 687 g/mol. The molecule has 252 valence electrons. The highest BCUT2D eigenvalue weighted by Gasteiger charge is 2.42. The van der Waals surface area contributed by atoms with Gasteiger partial charge in [-0.3, -0.25) is 0 Å². The van der Waals surface area contributed by atoms with Gasteiger partial charge in [0.25, 0.3) is 0 Å². The molecule has 0 atom stereocenters. The van der Waals surface area contributed by atoms with Crippen LogP contribution in [0.25, 0.3) is 82.7 Å². The Kier molecular flexibility index (Phi) is 5.96. The monoisotopic (exact) mass is 686 g/mol. The van der Waals surface area contributed by atoms with Crippen molar-refractivity contribution in [2.75, 3.05) is 0 Å². The van der Waals surface area contributed by atoms with Crippen molar-refractivity contribution in [2.24, 2.45) is 0 Å². The highest BCUT2D eigenvalue weighted by Crippen LogP contribution is 2.52. The molecular formula is C51H35BN2. The van der Waals surface area contributed by atoms with Crippen molar-refractivity contribution in [3.8, 4) is 39.1 Å². The molecule has 0 saturated heterocycles. The number of benzene rings is 8. The van der Waals surface area contributed by atoms with E-state index in [9.17, 15) is 0 Å². The van der Waals surface area contributed by atoms with E-state index in [4.69, 9.17) is 0 Å². The zero-order chi connectivity index (χ0) is 35.7. The van der Waals surface area contributed by atoms with Crippen molar-refractivity contribution in [3.63, 3.8) is 0 Å². The van der Waals surface area contributed by atoms with E-state index in [1.54, 1.807) is 0 Å². The van der Waals surface area contributed by atoms with Gasteiger partial charge >= 0.3 is 6.85 Å². The predicted molar refractivity (Wildman–Crippen MR) is 229 cm³/mol. The third kappa shape index (κ3) is 3.86. The minimum Gasteiger partial charge on any atom is -0.376 e. The molecule has 10 aromatic rings. The summed E-state index contributed by atoms with van der Waals surface area (Å²) in [7, 11) is 0. The lowest BCUT2D eigenvalue weighted by Gasteiger charge is -2.30. The maximum atomic E-state index is 2.72. The van der Waals surface area contributed by atoms with Crippen molar-refractivity contribution in [3.05, 3.63) is 187 Å². The topological polar surface area (TPSA) is 9.86 Å². The molecule has 0 bridgehead atoms. The van der Waals surface area contributed by atoms with Crippen LogP contribution in [0.1, 0.15) is 25.0 Å². The van der Waals surface area contributed by atoms with Crippen LogP contribution in [0.15, 0.2) is 176 Å². The molecule has 0 saturated carbocycles. The minimum absolute atomic E-state index is 0.0637. The number of aromatic nitrogens is 2. The lowest BCUT2D eigenvalue weighted by Crippen LogP contribution is -2.53. The van der Waals surface area contributed by atoms with Gasteiger partial charge in [0, 0.05) is 43.7 Å². The lowest BCUT2D eigenvalue weighted by molar-refractivity contribution is 0.664. The first-order chi connectivity index (χ1) is 26.6. The maximum absolute atomic E-state index is 2.72. The van der Waals surface area contributed by atoms with E-state index >= 15 is 0 Å². The van der Waals surface area contributed by atoms with Gasteiger partial charge in [-0.25, -0.2) is 0 Å². The first kappa shape index (κ1) is 29.9. The second-order valence-electron chi connectivity index (χ2n) is 15.7. The largest absolute Gasteiger partial charge is 0.376 e. The van der Waals surface area contributed by atoms with Gasteiger partial charge in [-0.05, 0) is 85.8 Å². The summed E-state index contributed by atoms with van der Waals surface area (Å²) in [6.45, 7) is 4.78. The molecule has 12 rings (SSSR count). The molecule has 3 heterocycles. The van der Waals surface area contributed by atoms with E-state index < -0.39 is 0 Å². The Morgan fingerprint density at radius 3 is 1.94 bits per heavy atom. The van der Waals surface area contributed by atoms with E-state index in [0.29, 0.717) is 0 Å². The summed E-state index contributed by atoms with van der Waals surface area (Å²) < 4.78 is 5.27. The fourth-order valence-corrected chi connectivity index (χ4v) is 10.2. The Hall–Kier alpha value is -6.58. The van der Waals surface area contributed by atoms with Crippen LogP contribution < -0.4 is 10.9 Å². The van der Waals surface area contributed by atoms with Gasteiger partial charge in [0.15, 0.2) is 0 Å². The third-order valence-corrected chi connectivity index (χ3v) is 12.5. The number of fused-ring (bicyclic) bond motifs is 12. The number of rotatable bonds is 3. The van der Waals surface area contributed by atoms with Crippen LogP contribution in [-0.2, 0) is 5.41 Å². The van der Waals surface area contributed by atoms with Crippen molar-refractivity contribution in [2.45, 2.75) is 19.3 Å². The number of para-hydroxylation sites is 2. The molecule has 2 nitrogen and oxygen atoms in total. The third-order valence-electron chi connectivity index (χ3n) is 12.5. The molecule has 3 heteroatoms. The summed E-state index contributed by atoms with van der Waals surface area (Å²) in [6.07, 6.45) is 0. The van der Waals surface area contributed by atoms with E-state index in [0.717, 1.165) is 0 Å². The molecule has 2 aromatic heterocycles. The van der Waals surface area contributed by atoms with Crippen molar-refractivity contribution in [1.82, 2.24) is 9.05 Å². The quantitative estimate of drug-likeness (QED) is 0.164. The number of hydrogen-bond acceptors (Lipinski definition) is 0. The summed E-state index contributed by atoms with van der Waals surface area (Å²) in [5.41, 5.74) is 19.3. The zero-order valence-electron chi connectivity index (χ0n) is 30.2. The molecule has 0 amide bonds. The Morgan fingerprint density at radius 1 is 0.426 bits per heavy atom. The van der Waals surface area contributed by atoms with Crippen LogP contribution in [0.2, 0.25) is 0 Å². The molecule has 2 aliphatic rings. The highest BCUT2D eigenvalue weighted by atomic mass is 15.0. The second-order valence-corrected chi connectivity index (χ2v) is 15.7. The van der Waals surface area contributed by atoms with Gasteiger partial charge in [-0.1, -0.05) is 159 Å². The lowest BCUT2D eigenvalue weighted by atomic mass is 9.48. The predicted octanol–water partition coefficient (Wildman–Crippen LogP) is 11.5. The Bertz CT molecular complexity index is 3180. The van der Waals surface area contributed by atoms with Crippen molar-refractivity contribution >= 4 is 61.4 Å².